The van der Waals surface area contributed by atoms with Gasteiger partial charge in [0, 0.05) is 33.5 Å². The van der Waals surface area contributed by atoms with Crippen molar-refractivity contribution >= 4 is 64.3 Å². The van der Waals surface area contributed by atoms with Gasteiger partial charge in [-0.1, -0.05) is 34.8 Å². The predicted octanol–water partition coefficient (Wildman–Crippen LogP) is 3.71. The van der Waals surface area contributed by atoms with Crippen LogP contribution in [-0.2, 0) is 9.59 Å². The Morgan fingerprint density at radius 3 is 2.21 bits per heavy atom. The maximum Gasteiger partial charge on any atom is 0.251 e. The van der Waals surface area contributed by atoms with E-state index < -0.39 is 11.8 Å². The molecule has 0 saturated heterocycles. The molecule has 6 nitrogen and oxygen atoms in total. The molecule has 10 heteroatoms. The number of rotatable bonds is 7. The normalized spacial score (nSPS) is 10.2. The summed E-state index contributed by atoms with van der Waals surface area (Å²) in [4.78, 5) is 36.1. The van der Waals surface area contributed by atoms with Crippen LogP contribution < -0.4 is 16.2 Å². The number of thioether (sulfide) groups is 1. The lowest BCUT2D eigenvalue weighted by Gasteiger charge is -2.09. The minimum absolute atomic E-state index is 0.00682. The molecular formula is C18H16Cl3N3O3S. The molecule has 2 aromatic carbocycles. The first-order valence-corrected chi connectivity index (χ1v) is 10.2. The Morgan fingerprint density at radius 2 is 1.50 bits per heavy atom. The monoisotopic (exact) mass is 459 g/mol. The first-order chi connectivity index (χ1) is 13.3. The summed E-state index contributed by atoms with van der Waals surface area (Å²) in [6, 6.07) is 11.3. The fraction of sp³-hybridized carbons (Fsp3) is 0.167. The van der Waals surface area contributed by atoms with Crippen molar-refractivity contribution in [3.05, 3.63) is 63.1 Å². The Balaban J connectivity index is 1.65. The minimum atomic E-state index is -0.435. The molecule has 148 valence electrons. The van der Waals surface area contributed by atoms with Crippen molar-refractivity contribution in [3.8, 4) is 0 Å². The molecule has 0 aromatic heterocycles. The van der Waals surface area contributed by atoms with E-state index in [-0.39, 0.29) is 24.6 Å². The van der Waals surface area contributed by atoms with Gasteiger partial charge in [0.25, 0.3) is 5.91 Å². The Hall–Kier alpha value is -1.93. The second kappa shape index (κ2) is 11.2. The van der Waals surface area contributed by atoms with E-state index in [4.69, 9.17) is 34.8 Å². The summed E-state index contributed by atoms with van der Waals surface area (Å²) >= 11 is 18.9. The first kappa shape index (κ1) is 22.4. The average molecular weight is 461 g/mol. The number of carbonyl (C=O) groups excluding carboxylic acids is 3. The van der Waals surface area contributed by atoms with Gasteiger partial charge in [0.2, 0.25) is 11.8 Å². The van der Waals surface area contributed by atoms with Crippen LogP contribution in [0.3, 0.4) is 0 Å². The Bertz CT molecular complexity index is 863. The van der Waals surface area contributed by atoms with Crippen molar-refractivity contribution in [3.63, 3.8) is 0 Å². The van der Waals surface area contributed by atoms with Gasteiger partial charge in [-0.3, -0.25) is 25.2 Å². The van der Waals surface area contributed by atoms with Crippen LogP contribution in [-0.4, -0.2) is 30.0 Å². The van der Waals surface area contributed by atoms with Crippen LogP contribution in [0.1, 0.15) is 16.8 Å². The third-order valence-corrected chi connectivity index (χ3v) is 5.32. The molecule has 0 bridgehead atoms. The van der Waals surface area contributed by atoms with Gasteiger partial charge in [-0.2, -0.15) is 0 Å². The Kier molecular flexibility index (Phi) is 8.92. The van der Waals surface area contributed by atoms with Gasteiger partial charge in [0.15, 0.2) is 0 Å². The van der Waals surface area contributed by atoms with Crippen LogP contribution >= 0.6 is 46.6 Å². The molecule has 0 fully saturated rings. The summed E-state index contributed by atoms with van der Waals surface area (Å²) in [6.45, 7) is 0.121. The summed E-state index contributed by atoms with van der Waals surface area (Å²) in [5, 5.41) is 4.14. The number of hydrazine groups is 1. The number of carbonyl (C=O) groups is 3. The van der Waals surface area contributed by atoms with Crippen LogP contribution in [0, 0.1) is 0 Å². The van der Waals surface area contributed by atoms with Crippen LogP contribution in [0.25, 0.3) is 0 Å². The average Bonchev–Trinajstić information content (AvgIpc) is 2.67. The van der Waals surface area contributed by atoms with Gasteiger partial charge < -0.3 is 5.32 Å². The van der Waals surface area contributed by atoms with E-state index in [0.29, 0.717) is 25.5 Å². The highest BCUT2D eigenvalue weighted by atomic mass is 35.5. The quantitative estimate of drug-likeness (QED) is 0.434. The molecule has 2 aromatic rings. The molecule has 0 spiro atoms. The van der Waals surface area contributed by atoms with Gasteiger partial charge in [0.1, 0.15) is 0 Å². The lowest BCUT2D eigenvalue weighted by molar-refractivity contribution is -0.127. The predicted molar refractivity (Wildman–Crippen MR) is 112 cm³/mol. The van der Waals surface area contributed by atoms with Gasteiger partial charge >= 0.3 is 0 Å². The van der Waals surface area contributed by atoms with E-state index in [1.54, 1.807) is 42.5 Å². The van der Waals surface area contributed by atoms with Crippen molar-refractivity contribution in [1.82, 2.24) is 16.2 Å². The lowest BCUT2D eigenvalue weighted by Crippen LogP contribution is -2.43. The lowest BCUT2D eigenvalue weighted by atomic mass is 10.2. The van der Waals surface area contributed by atoms with Crippen molar-refractivity contribution < 1.29 is 14.4 Å². The second-order valence-electron chi connectivity index (χ2n) is 5.47. The van der Waals surface area contributed by atoms with E-state index in [1.807, 2.05) is 0 Å². The molecule has 0 radical (unpaired) electrons. The molecule has 0 aliphatic rings. The Labute approximate surface area is 181 Å². The molecule has 0 atom stereocenters. The van der Waals surface area contributed by atoms with Gasteiger partial charge in [0.05, 0.1) is 10.8 Å². The standard InChI is InChI=1S/C18H16Cl3N3O3S/c19-12-3-1-11(2-4-12)18(27)22-8-7-16(25)23-24-17(26)10-28-15-9-13(20)5-6-14(15)21/h1-6,9H,7-8,10H2,(H,22,27)(H,23,25)(H,24,26). The van der Waals surface area contributed by atoms with Crippen molar-refractivity contribution in [2.45, 2.75) is 11.3 Å². The first-order valence-electron chi connectivity index (χ1n) is 8.04. The maximum absolute atomic E-state index is 11.9. The highest BCUT2D eigenvalue weighted by molar-refractivity contribution is 8.00. The van der Waals surface area contributed by atoms with E-state index in [1.165, 1.54) is 11.8 Å². The molecule has 0 aliphatic heterocycles. The van der Waals surface area contributed by atoms with Crippen LogP contribution in [0.15, 0.2) is 47.4 Å². The largest absolute Gasteiger partial charge is 0.352 e. The van der Waals surface area contributed by atoms with E-state index in [2.05, 4.69) is 16.2 Å². The maximum atomic E-state index is 11.9. The third-order valence-electron chi connectivity index (χ3n) is 3.34. The van der Waals surface area contributed by atoms with E-state index in [9.17, 15) is 14.4 Å². The zero-order chi connectivity index (χ0) is 20.5. The summed E-state index contributed by atoms with van der Waals surface area (Å²) < 4.78 is 0. The van der Waals surface area contributed by atoms with Crippen LogP contribution in [0.4, 0.5) is 0 Å². The summed E-state index contributed by atoms with van der Waals surface area (Å²) in [6.07, 6.45) is 0.00682. The number of halogens is 3. The highest BCUT2D eigenvalue weighted by Gasteiger charge is 2.09. The number of hydrogen-bond acceptors (Lipinski definition) is 4. The van der Waals surface area contributed by atoms with E-state index >= 15 is 0 Å². The molecule has 2 rings (SSSR count). The van der Waals surface area contributed by atoms with Crippen LogP contribution in [0.5, 0.6) is 0 Å². The minimum Gasteiger partial charge on any atom is -0.352 e. The fourth-order valence-electron chi connectivity index (χ4n) is 1.96. The van der Waals surface area contributed by atoms with Gasteiger partial charge in [-0.25, -0.2) is 0 Å². The molecule has 0 saturated carbocycles. The smallest absolute Gasteiger partial charge is 0.251 e. The number of amides is 3. The van der Waals surface area contributed by atoms with Gasteiger partial charge in [-0.05, 0) is 42.5 Å². The summed E-state index contributed by atoms with van der Waals surface area (Å²) in [5.74, 6) is -1.10. The second-order valence-corrected chi connectivity index (χ2v) is 7.77. The Morgan fingerprint density at radius 1 is 0.857 bits per heavy atom. The molecule has 3 amide bonds. The molecule has 28 heavy (non-hydrogen) atoms. The SMILES string of the molecule is O=C(CCNC(=O)c1ccc(Cl)cc1)NNC(=O)CSc1cc(Cl)ccc1Cl. The van der Waals surface area contributed by atoms with Crippen LogP contribution in [0.2, 0.25) is 15.1 Å². The van der Waals surface area contributed by atoms with Crippen molar-refractivity contribution in [1.29, 1.82) is 0 Å². The molecule has 0 unspecified atom stereocenters. The van der Waals surface area contributed by atoms with E-state index in [0.717, 1.165) is 0 Å². The third kappa shape index (κ3) is 7.59. The fourth-order valence-corrected chi connectivity index (χ4v) is 3.38. The molecular weight excluding hydrogens is 445 g/mol. The topological polar surface area (TPSA) is 87.3 Å². The summed E-state index contributed by atoms with van der Waals surface area (Å²) in [5.41, 5.74) is 5.03. The zero-order valence-electron chi connectivity index (χ0n) is 14.4. The number of benzene rings is 2. The molecule has 3 N–H and O–H groups in total. The van der Waals surface area contributed by atoms with Gasteiger partial charge in [-0.15, -0.1) is 11.8 Å². The number of nitrogens with one attached hydrogen (secondary N) is 3. The molecule has 0 aliphatic carbocycles. The number of hydrogen-bond donors (Lipinski definition) is 3. The van der Waals surface area contributed by atoms with Crippen molar-refractivity contribution in [2.24, 2.45) is 0 Å². The summed E-state index contributed by atoms with van der Waals surface area (Å²) in [7, 11) is 0. The highest BCUT2D eigenvalue weighted by Crippen LogP contribution is 2.29. The zero-order valence-corrected chi connectivity index (χ0v) is 17.5. The van der Waals surface area contributed by atoms with Crippen molar-refractivity contribution in [2.75, 3.05) is 12.3 Å². The molecule has 0 heterocycles.